The van der Waals surface area contributed by atoms with Crippen LogP contribution in [0, 0.1) is 17.8 Å². The van der Waals surface area contributed by atoms with Crippen LogP contribution in [0.15, 0.2) is 47.4 Å². The number of ether oxygens (including phenoxy) is 1. The minimum absolute atomic E-state index is 0.0817. The first-order valence-corrected chi connectivity index (χ1v) is 12.1. The molecule has 2 aromatic rings. The van der Waals surface area contributed by atoms with Gasteiger partial charge in [0.1, 0.15) is 5.82 Å². The summed E-state index contributed by atoms with van der Waals surface area (Å²) in [5.41, 5.74) is -2.35. The van der Waals surface area contributed by atoms with Crippen LogP contribution in [0.3, 0.4) is 0 Å². The maximum absolute atomic E-state index is 16.5. The van der Waals surface area contributed by atoms with E-state index >= 15 is 4.39 Å². The Balaban J connectivity index is 1.88. The van der Waals surface area contributed by atoms with E-state index in [9.17, 15) is 9.59 Å². The Hall–Kier alpha value is -3.02. The van der Waals surface area contributed by atoms with Crippen molar-refractivity contribution in [1.82, 2.24) is 14.5 Å². The number of benzene rings is 1. The molecule has 0 radical (unpaired) electrons. The van der Waals surface area contributed by atoms with Crippen LogP contribution in [-0.4, -0.2) is 50.8 Å². The van der Waals surface area contributed by atoms with Crippen LogP contribution in [0.5, 0.6) is 0 Å². The second kappa shape index (κ2) is 11.1. The molecular weight excluding hydrogens is 447 g/mol. The third-order valence-corrected chi connectivity index (χ3v) is 6.51. The van der Waals surface area contributed by atoms with Gasteiger partial charge in [-0.3, -0.25) is 14.3 Å². The molecule has 1 aliphatic heterocycles. The minimum Gasteiger partial charge on any atom is -0.350 e. The number of nitrogens with zero attached hydrogens (tertiary/aromatic N) is 3. The van der Waals surface area contributed by atoms with Crippen LogP contribution in [0.2, 0.25) is 0 Å². The first-order chi connectivity index (χ1) is 16.6. The first-order valence-electron chi connectivity index (χ1n) is 12.1. The zero-order valence-electron chi connectivity index (χ0n) is 21.3. The maximum atomic E-state index is 16.5. The molecule has 8 heteroatoms. The van der Waals surface area contributed by atoms with Gasteiger partial charge in [0, 0.05) is 29.8 Å². The molecule has 1 aromatic carbocycles. The van der Waals surface area contributed by atoms with Gasteiger partial charge in [0.05, 0.1) is 12.6 Å². The Morgan fingerprint density at radius 1 is 1.23 bits per heavy atom. The minimum atomic E-state index is -2.07. The number of anilines is 1. The van der Waals surface area contributed by atoms with Crippen LogP contribution in [0.1, 0.15) is 64.5 Å². The normalized spacial score (nSPS) is 24.0. The quantitative estimate of drug-likeness (QED) is 0.597. The number of halogens is 1. The number of carbonyl (C=O) groups is 1. The van der Waals surface area contributed by atoms with E-state index in [4.69, 9.17) is 4.74 Å². The largest absolute Gasteiger partial charge is 0.351 e. The summed E-state index contributed by atoms with van der Waals surface area (Å²) in [6.45, 7) is 12.4. The lowest BCUT2D eigenvalue weighted by Crippen LogP contribution is -2.41. The number of alkyl halides is 1. The summed E-state index contributed by atoms with van der Waals surface area (Å²) >= 11 is 0. The maximum Gasteiger partial charge on any atom is 0.351 e. The van der Waals surface area contributed by atoms with E-state index < -0.39 is 35.5 Å². The Labute approximate surface area is 206 Å². The Morgan fingerprint density at radius 2 is 1.89 bits per heavy atom. The molecule has 0 saturated carbocycles. The van der Waals surface area contributed by atoms with Crippen LogP contribution >= 0.6 is 0 Å². The standard InChI is InChI=1S/C27H35FN4O3/c1-7-22-20(6)27(28,15-11-16-31(18(2)3)19(4)5)25(35-22)32-17-14-23(30-26(32)34)29-24(33)21-12-9-8-10-13-21/h8-10,12-14,17-20,22,25H,7,16H2,1-6H3,(H,29,30,33,34)/t20-,22+,25+,27?/m0/s1. The molecular formula is C27H35FN4O3. The summed E-state index contributed by atoms with van der Waals surface area (Å²) in [4.78, 5) is 31.4. The average Bonchev–Trinajstić information content (AvgIpc) is 3.07. The summed E-state index contributed by atoms with van der Waals surface area (Å²) in [6.07, 6.45) is 0.355. The zero-order chi connectivity index (χ0) is 25.8. The molecule has 1 fully saturated rings. The molecule has 7 nitrogen and oxygen atoms in total. The lowest BCUT2D eigenvalue weighted by molar-refractivity contribution is -0.0383. The molecule has 188 valence electrons. The van der Waals surface area contributed by atoms with E-state index in [0.29, 0.717) is 18.5 Å². The van der Waals surface area contributed by atoms with Crippen molar-refractivity contribution < 1.29 is 13.9 Å². The lowest BCUT2D eigenvalue weighted by Gasteiger charge is -2.29. The van der Waals surface area contributed by atoms with E-state index in [1.54, 1.807) is 37.3 Å². The van der Waals surface area contributed by atoms with E-state index in [1.807, 2.05) is 6.92 Å². The van der Waals surface area contributed by atoms with Crippen molar-refractivity contribution in [2.45, 2.75) is 78.0 Å². The predicted molar refractivity (Wildman–Crippen MR) is 135 cm³/mol. The highest BCUT2D eigenvalue weighted by molar-refractivity contribution is 6.03. The van der Waals surface area contributed by atoms with Crippen molar-refractivity contribution in [3.8, 4) is 11.8 Å². The summed E-state index contributed by atoms with van der Waals surface area (Å²) in [7, 11) is 0. The molecule has 1 amide bonds. The number of amides is 1. The second-order valence-electron chi connectivity index (χ2n) is 9.48. The molecule has 0 spiro atoms. The van der Waals surface area contributed by atoms with Gasteiger partial charge in [-0.05, 0) is 52.3 Å². The molecule has 0 bridgehead atoms. The topological polar surface area (TPSA) is 76.5 Å². The van der Waals surface area contributed by atoms with Crippen LogP contribution in [0.25, 0.3) is 0 Å². The number of rotatable bonds is 7. The zero-order valence-corrected chi connectivity index (χ0v) is 21.3. The summed E-state index contributed by atoms with van der Waals surface area (Å²) in [5.74, 6) is 4.97. The lowest BCUT2D eigenvalue weighted by atomic mass is 9.87. The van der Waals surface area contributed by atoms with Gasteiger partial charge < -0.3 is 10.1 Å². The molecule has 35 heavy (non-hydrogen) atoms. The Kier molecular flexibility index (Phi) is 8.47. The second-order valence-corrected chi connectivity index (χ2v) is 9.48. The van der Waals surface area contributed by atoms with Gasteiger partial charge in [0.25, 0.3) is 5.91 Å². The van der Waals surface area contributed by atoms with Gasteiger partial charge in [0.2, 0.25) is 5.67 Å². The fourth-order valence-corrected chi connectivity index (χ4v) is 4.44. The van der Waals surface area contributed by atoms with Crippen LogP contribution in [-0.2, 0) is 4.74 Å². The highest BCUT2D eigenvalue weighted by Crippen LogP contribution is 2.45. The Morgan fingerprint density at radius 3 is 2.46 bits per heavy atom. The summed E-state index contributed by atoms with van der Waals surface area (Å²) < 4.78 is 23.6. The van der Waals surface area contributed by atoms with E-state index in [-0.39, 0.29) is 17.9 Å². The van der Waals surface area contributed by atoms with Gasteiger partial charge in [0.15, 0.2) is 6.23 Å². The van der Waals surface area contributed by atoms with E-state index in [0.717, 1.165) is 4.57 Å². The van der Waals surface area contributed by atoms with Crippen molar-refractivity contribution in [2.24, 2.45) is 5.92 Å². The predicted octanol–water partition coefficient (Wildman–Crippen LogP) is 4.27. The van der Waals surface area contributed by atoms with Crippen molar-refractivity contribution in [1.29, 1.82) is 0 Å². The van der Waals surface area contributed by atoms with Gasteiger partial charge in [-0.25, -0.2) is 9.18 Å². The van der Waals surface area contributed by atoms with Gasteiger partial charge in [-0.15, -0.1) is 0 Å². The van der Waals surface area contributed by atoms with Gasteiger partial charge in [-0.2, -0.15) is 4.98 Å². The fraction of sp³-hybridized carbons (Fsp3) is 0.519. The van der Waals surface area contributed by atoms with E-state index in [2.05, 4.69) is 54.7 Å². The molecule has 1 aliphatic rings. The van der Waals surface area contributed by atoms with Crippen LogP contribution in [0.4, 0.5) is 10.2 Å². The number of hydrogen-bond donors (Lipinski definition) is 1. The van der Waals surface area contributed by atoms with Crippen molar-refractivity contribution in [2.75, 3.05) is 11.9 Å². The van der Waals surface area contributed by atoms with Crippen molar-refractivity contribution >= 4 is 11.7 Å². The number of carbonyl (C=O) groups excluding carboxylic acids is 1. The third kappa shape index (κ3) is 5.80. The number of aromatic nitrogens is 2. The number of hydrogen-bond acceptors (Lipinski definition) is 5. The average molecular weight is 483 g/mol. The third-order valence-electron chi connectivity index (χ3n) is 6.51. The summed E-state index contributed by atoms with van der Waals surface area (Å²) in [5, 5.41) is 2.60. The molecule has 4 atom stereocenters. The highest BCUT2D eigenvalue weighted by Gasteiger charge is 2.55. The van der Waals surface area contributed by atoms with Crippen LogP contribution < -0.4 is 11.0 Å². The molecule has 1 unspecified atom stereocenters. The SMILES string of the molecule is CC[C@H]1O[C@@H](n2ccc(NC(=O)c3ccccc3)nc2=O)C(F)(C#CCN(C(C)C)C(C)C)[C@H]1C. The molecule has 1 N–H and O–H groups in total. The molecule has 1 aromatic heterocycles. The number of nitrogens with one attached hydrogen (secondary N) is 1. The molecule has 1 saturated heterocycles. The molecule has 3 rings (SSSR count). The van der Waals surface area contributed by atoms with Crippen molar-refractivity contribution in [3.05, 3.63) is 58.6 Å². The molecule has 0 aliphatic carbocycles. The molecule has 2 heterocycles. The monoisotopic (exact) mass is 482 g/mol. The fourth-order valence-electron chi connectivity index (χ4n) is 4.44. The van der Waals surface area contributed by atoms with Gasteiger partial charge >= 0.3 is 5.69 Å². The highest BCUT2D eigenvalue weighted by atomic mass is 19.1. The van der Waals surface area contributed by atoms with Crippen molar-refractivity contribution in [3.63, 3.8) is 0 Å². The van der Waals surface area contributed by atoms with E-state index in [1.165, 1.54) is 12.3 Å². The van der Waals surface area contributed by atoms with Gasteiger partial charge in [-0.1, -0.05) is 43.9 Å². The summed E-state index contributed by atoms with van der Waals surface area (Å²) in [6, 6.07) is 10.6. The first kappa shape index (κ1) is 26.6. The Bertz CT molecular complexity index is 1130. The smallest absolute Gasteiger partial charge is 0.350 e.